The molecule has 26 heavy (non-hydrogen) atoms. The minimum absolute atomic E-state index is 0.121. The van der Waals surface area contributed by atoms with Gasteiger partial charge in [0, 0.05) is 10.8 Å². The molecular weight excluding hydrogens is 395 g/mol. The maximum absolute atomic E-state index is 9.22. The van der Waals surface area contributed by atoms with E-state index < -0.39 is 6.10 Å². The molecule has 3 aromatic rings. The highest BCUT2D eigenvalue weighted by Gasteiger charge is 2.16. The van der Waals surface area contributed by atoms with Crippen LogP contribution in [0.3, 0.4) is 0 Å². The van der Waals surface area contributed by atoms with Crippen molar-refractivity contribution in [2.45, 2.75) is 23.7 Å². The van der Waals surface area contributed by atoms with Gasteiger partial charge in [0.25, 0.3) is 0 Å². The van der Waals surface area contributed by atoms with Crippen molar-refractivity contribution in [1.82, 2.24) is 9.55 Å². The Kier molecular flexibility index (Phi) is 6.80. The lowest BCUT2D eigenvalue weighted by atomic mass is 10.2. The highest BCUT2D eigenvalue weighted by Crippen LogP contribution is 2.32. The summed E-state index contributed by atoms with van der Waals surface area (Å²) in [7, 11) is 0. The van der Waals surface area contributed by atoms with Gasteiger partial charge in [-0.3, -0.25) is 4.57 Å². The van der Waals surface area contributed by atoms with Crippen molar-refractivity contribution in [3.8, 4) is 0 Å². The van der Waals surface area contributed by atoms with E-state index in [0.29, 0.717) is 15.6 Å². The van der Waals surface area contributed by atoms with Crippen LogP contribution >= 0.6 is 35.0 Å². The van der Waals surface area contributed by atoms with Gasteiger partial charge in [-0.25, -0.2) is 4.98 Å². The summed E-state index contributed by atoms with van der Waals surface area (Å²) in [5.74, 6) is 0.735. The lowest BCUT2D eigenvalue weighted by Crippen LogP contribution is -2.23. The molecule has 0 aliphatic carbocycles. The Labute approximate surface area is 165 Å². The van der Waals surface area contributed by atoms with Crippen molar-refractivity contribution in [2.24, 2.45) is 0 Å². The lowest BCUT2D eigenvalue weighted by Gasteiger charge is -2.15. The fourth-order valence-electron chi connectivity index (χ4n) is 2.43. The summed E-state index contributed by atoms with van der Waals surface area (Å²) in [6.07, 6.45) is -0.658. The van der Waals surface area contributed by atoms with Gasteiger partial charge in [0.2, 0.25) is 0 Å². The zero-order chi connectivity index (χ0) is 18.5. The third kappa shape index (κ3) is 4.52. The van der Waals surface area contributed by atoms with Crippen LogP contribution in [0.25, 0.3) is 11.0 Å². The van der Waals surface area contributed by atoms with Crippen LogP contribution in [0.2, 0.25) is 10.0 Å². The zero-order valence-corrected chi connectivity index (χ0v) is 16.1. The molecule has 0 aliphatic heterocycles. The number of fused-ring (bicyclic) bond motifs is 1. The molecular formula is C18H18Cl2N2O3S. The number of imidazole rings is 1. The molecule has 2 N–H and O–H groups in total. The standard InChI is InChI=1S/C18H18Cl2N2O3S/c19-13-6-15(20)17-16(7-13)22(11-25-14(8-23)9-24)18(21-17)26-10-12-4-2-1-3-5-12/h1-7,14,23-24H,8-11H2. The normalized spacial score (nSPS) is 11.6. The van der Waals surface area contributed by atoms with Crippen LogP contribution in [0.1, 0.15) is 5.56 Å². The Hall–Kier alpha value is -1.28. The van der Waals surface area contributed by atoms with Crippen molar-refractivity contribution in [3.63, 3.8) is 0 Å². The van der Waals surface area contributed by atoms with Gasteiger partial charge in [0.05, 0.1) is 23.8 Å². The van der Waals surface area contributed by atoms with E-state index in [9.17, 15) is 10.2 Å². The van der Waals surface area contributed by atoms with E-state index in [1.54, 1.807) is 23.9 Å². The molecule has 3 rings (SSSR count). The molecule has 5 nitrogen and oxygen atoms in total. The number of hydrogen-bond donors (Lipinski definition) is 2. The second-order valence-electron chi connectivity index (χ2n) is 5.63. The van der Waals surface area contributed by atoms with Gasteiger partial charge < -0.3 is 14.9 Å². The Balaban J connectivity index is 1.92. The van der Waals surface area contributed by atoms with Gasteiger partial charge in [0.15, 0.2) is 5.16 Å². The lowest BCUT2D eigenvalue weighted by molar-refractivity contribution is -0.0510. The van der Waals surface area contributed by atoms with E-state index in [2.05, 4.69) is 4.98 Å². The first-order chi connectivity index (χ1) is 12.6. The minimum Gasteiger partial charge on any atom is -0.394 e. The molecule has 138 valence electrons. The summed E-state index contributed by atoms with van der Waals surface area (Å²) in [4.78, 5) is 4.63. The molecule has 0 aliphatic rings. The second kappa shape index (κ2) is 9.08. The van der Waals surface area contributed by atoms with Gasteiger partial charge in [-0.2, -0.15) is 0 Å². The maximum Gasteiger partial charge on any atom is 0.171 e. The maximum atomic E-state index is 9.22. The Morgan fingerprint density at radius 1 is 1.12 bits per heavy atom. The van der Waals surface area contributed by atoms with Gasteiger partial charge >= 0.3 is 0 Å². The number of nitrogens with zero attached hydrogens (tertiary/aromatic N) is 2. The fourth-order valence-corrected chi connectivity index (χ4v) is 3.90. The summed E-state index contributed by atoms with van der Waals surface area (Å²) in [6, 6.07) is 13.5. The SMILES string of the molecule is OCC(CO)OCn1c(SCc2ccccc2)nc2c(Cl)cc(Cl)cc21. The van der Waals surface area contributed by atoms with E-state index in [0.717, 1.165) is 16.4 Å². The number of aliphatic hydroxyl groups excluding tert-OH is 2. The van der Waals surface area contributed by atoms with Crippen LogP contribution in [-0.4, -0.2) is 39.1 Å². The molecule has 0 saturated carbocycles. The number of ether oxygens (including phenoxy) is 1. The number of benzene rings is 2. The number of halogens is 2. The number of aromatic nitrogens is 2. The summed E-state index contributed by atoms with van der Waals surface area (Å²) in [5, 5.41) is 20.1. The van der Waals surface area contributed by atoms with Crippen LogP contribution < -0.4 is 0 Å². The van der Waals surface area contributed by atoms with Crippen molar-refractivity contribution in [3.05, 3.63) is 58.1 Å². The topological polar surface area (TPSA) is 67.5 Å². The van der Waals surface area contributed by atoms with Crippen molar-refractivity contribution in [1.29, 1.82) is 0 Å². The van der Waals surface area contributed by atoms with Crippen molar-refractivity contribution in [2.75, 3.05) is 13.2 Å². The molecule has 1 aromatic heterocycles. The van der Waals surface area contributed by atoms with Gasteiger partial charge in [-0.05, 0) is 17.7 Å². The molecule has 0 amide bonds. The van der Waals surface area contributed by atoms with E-state index in [-0.39, 0.29) is 19.9 Å². The first kappa shape index (κ1) is 19.5. The third-order valence-corrected chi connectivity index (χ3v) is 5.35. The zero-order valence-electron chi connectivity index (χ0n) is 13.8. The fraction of sp³-hybridized carbons (Fsp3) is 0.278. The van der Waals surface area contributed by atoms with E-state index in [1.165, 1.54) is 5.56 Å². The monoisotopic (exact) mass is 412 g/mol. The highest BCUT2D eigenvalue weighted by molar-refractivity contribution is 7.98. The molecule has 2 aromatic carbocycles. The summed E-state index contributed by atoms with van der Waals surface area (Å²) < 4.78 is 7.44. The molecule has 0 saturated heterocycles. The van der Waals surface area contributed by atoms with Crippen LogP contribution in [0.15, 0.2) is 47.6 Å². The van der Waals surface area contributed by atoms with Gasteiger partial charge in [-0.1, -0.05) is 65.3 Å². The Bertz CT molecular complexity index is 870. The van der Waals surface area contributed by atoms with Crippen LogP contribution in [0, 0.1) is 0 Å². The molecule has 8 heteroatoms. The summed E-state index contributed by atoms with van der Waals surface area (Å²) >= 11 is 14.0. The summed E-state index contributed by atoms with van der Waals surface area (Å²) in [5.41, 5.74) is 2.55. The highest BCUT2D eigenvalue weighted by atomic mass is 35.5. The molecule has 0 radical (unpaired) electrons. The minimum atomic E-state index is -0.658. The van der Waals surface area contributed by atoms with Crippen LogP contribution in [0.5, 0.6) is 0 Å². The predicted octanol–water partition coefficient (Wildman–Crippen LogP) is 3.96. The first-order valence-corrected chi connectivity index (χ1v) is 9.72. The molecule has 0 unspecified atom stereocenters. The van der Waals surface area contributed by atoms with E-state index >= 15 is 0 Å². The number of aliphatic hydroxyl groups is 2. The van der Waals surface area contributed by atoms with Gasteiger partial charge in [-0.15, -0.1) is 0 Å². The smallest absolute Gasteiger partial charge is 0.171 e. The number of thioether (sulfide) groups is 1. The second-order valence-corrected chi connectivity index (χ2v) is 7.42. The quantitative estimate of drug-likeness (QED) is 0.548. The van der Waals surface area contributed by atoms with Crippen LogP contribution in [-0.2, 0) is 17.2 Å². The average Bonchev–Trinajstić information content (AvgIpc) is 3.00. The number of hydrogen-bond acceptors (Lipinski definition) is 5. The van der Waals surface area contributed by atoms with E-state index in [1.807, 2.05) is 34.9 Å². The Morgan fingerprint density at radius 3 is 2.54 bits per heavy atom. The van der Waals surface area contributed by atoms with Crippen LogP contribution in [0.4, 0.5) is 0 Å². The molecule has 1 heterocycles. The van der Waals surface area contributed by atoms with E-state index in [4.69, 9.17) is 27.9 Å². The van der Waals surface area contributed by atoms with Crippen molar-refractivity contribution >= 4 is 46.0 Å². The summed E-state index contributed by atoms with van der Waals surface area (Å²) in [6.45, 7) is -0.412. The third-order valence-electron chi connectivity index (χ3n) is 3.79. The van der Waals surface area contributed by atoms with Crippen molar-refractivity contribution < 1.29 is 14.9 Å². The van der Waals surface area contributed by atoms with Gasteiger partial charge in [0.1, 0.15) is 18.4 Å². The molecule has 0 spiro atoms. The molecule has 0 fully saturated rings. The molecule has 0 atom stereocenters. The largest absolute Gasteiger partial charge is 0.394 e. The molecule has 0 bridgehead atoms. The first-order valence-electron chi connectivity index (χ1n) is 7.97. The predicted molar refractivity (Wildman–Crippen MR) is 105 cm³/mol. The number of rotatable bonds is 8. The average molecular weight is 413 g/mol. The Morgan fingerprint density at radius 2 is 1.85 bits per heavy atom.